The lowest BCUT2D eigenvalue weighted by Gasteiger charge is -2.30. The summed E-state index contributed by atoms with van der Waals surface area (Å²) in [5.74, 6) is -1.21. The third kappa shape index (κ3) is 5.46. The number of aliphatic carboxylic acids is 1. The maximum atomic E-state index is 13.0. The lowest BCUT2D eigenvalue weighted by atomic mass is 9.90. The van der Waals surface area contributed by atoms with Crippen molar-refractivity contribution in [2.75, 3.05) is 12.3 Å². The zero-order valence-corrected chi connectivity index (χ0v) is 24.3. The van der Waals surface area contributed by atoms with Crippen molar-refractivity contribution >= 4 is 45.9 Å². The van der Waals surface area contributed by atoms with Gasteiger partial charge in [-0.25, -0.2) is 14.8 Å². The Balaban J connectivity index is 1.27. The third-order valence-corrected chi connectivity index (χ3v) is 8.36. The number of aromatic nitrogens is 5. The normalized spacial score (nSPS) is 21.7. The van der Waals surface area contributed by atoms with Crippen LogP contribution in [0.15, 0.2) is 66.3 Å². The molecule has 2 aromatic carbocycles. The van der Waals surface area contributed by atoms with E-state index in [1.807, 2.05) is 54.6 Å². The van der Waals surface area contributed by atoms with E-state index in [9.17, 15) is 20.1 Å². The first-order valence-corrected chi connectivity index (χ1v) is 14.5. The molecule has 0 spiro atoms. The number of hydrogen-bond acceptors (Lipinski definition) is 11. The number of aliphatic hydroxyl groups excluding tert-OH is 2. The summed E-state index contributed by atoms with van der Waals surface area (Å²) >= 11 is 7.27. The average Bonchev–Trinajstić information content (AvgIpc) is 3.70. The number of nitrogens with two attached hydrogens (primary N) is 1. The van der Waals surface area contributed by atoms with Crippen LogP contribution < -0.4 is 5.73 Å². The summed E-state index contributed by atoms with van der Waals surface area (Å²) < 4.78 is 13.5. The number of carbonyl (C=O) groups is 1. The topological polar surface area (TPSA) is 179 Å². The molecule has 0 radical (unpaired) electrons. The second kappa shape index (κ2) is 11.6. The number of benzene rings is 2. The fourth-order valence-corrected chi connectivity index (χ4v) is 6.01. The fraction of sp³-hybridized carbons (Fsp3) is 0.276. The number of hydrogen-bond donors (Lipinski definition) is 4. The van der Waals surface area contributed by atoms with E-state index in [1.165, 1.54) is 22.2 Å². The van der Waals surface area contributed by atoms with Crippen LogP contribution in [0.1, 0.15) is 22.5 Å². The highest BCUT2D eigenvalue weighted by atomic mass is 35.5. The Morgan fingerprint density at radius 2 is 1.81 bits per heavy atom. The number of aryl methyl sites for hydroxylation is 1. The number of carboxylic acids is 1. The van der Waals surface area contributed by atoms with E-state index in [0.29, 0.717) is 10.6 Å². The van der Waals surface area contributed by atoms with Gasteiger partial charge in [0, 0.05) is 11.8 Å². The largest absolute Gasteiger partial charge is 0.479 e. The summed E-state index contributed by atoms with van der Waals surface area (Å²) in [5, 5.41) is 34.6. The first-order chi connectivity index (χ1) is 20.7. The van der Waals surface area contributed by atoms with Crippen molar-refractivity contribution < 1.29 is 29.6 Å². The highest BCUT2D eigenvalue weighted by Gasteiger charge is 2.49. The molecule has 5 aromatic rings. The number of nitrogen functional groups attached to an aromatic ring is 1. The molecule has 1 fully saturated rings. The zero-order valence-electron chi connectivity index (χ0n) is 22.7. The quantitative estimate of drug-likeness (QED) is 0.177. The molecule has 4 heterocycles. The Bertz CT molecular complexity index is 1770. The molecule has 0 saturated carbocycles. The number of imidazole rings is 1. The van der Waals surface area contributed by atoms with Gasteiger partial charge in [-0.15, -0.1) is 11.3 Å². The maximum Gasteiger partial charge on any atom is 0.342 e. The molecule has 0 bridgehead atoms. The molecule has 3 aromatic heterocycles. The molecule has 14 heteroatoms. The van der Waals surface area contributed by atoms with Gasteiger partial charge in [-0.05, 0) is 35.2 Å². The number of fused-ring (bicyclic) bond motifs is 1. The molecule has 6 rings (SSSR count). The second-order valence-corrected chi connectivity index (χ2v) is 11.6. The van der Waals surface area contributed by atoms with E-state index in [-0.39, 0.29) is 41.0 Å². The van der Waals surface area contributed by atoms with Gasteiger partial charge in [0.2, 0.25) is 10.9 Å². The molecular weight excluding hydrogens is 596 g/mol. The van der Waals surface area contributed by atoms with Crippen molar-refractivity contribution in [3.63, 3.8) is 0 Å². The van der Waals surface area contributed by atoms with Crippen molar-refractivity contribution in [3.8, 4) is 11.1 Å². The maximum absolute atomic E-state index is 13.0. The first-order valence-electron chi connectivity index (χ1n) is 13.3. The Hall–Kier alpha value is -3.98. The molecule has 1 aliphatic heterocycles. The van der Waals surface area contributed by atoms with E-state index < -0.39 is 36.1 Å². The van der Waals surface area contributed by atoms with Crippen LogP contribution in [0.2, 0.25) is 5.28 Å². The van der Waals surface area contributed by atoms with Gasteiger partial charge in [-0.3, -0.25) is 4.57 Å². The lowest BCUT2D eigenvalue weighted by Crippen LogP contribution is -2.44. The molecular formula is C29H27ClN6O6S. The van der Waals surface area contributed by atoms with E-state index in [4.69, 9.17) is 26.8 Å². The van der Waals surface area contributed by atoms with Crippen LogP contribution in [0.25, 0.3) is 22.3 Å². The van der Waals surface area contributed by atoms with Crippen LogP contribution in [0, 0.1) is 6.92 Å². The van der Waals surface area contributed by atoms with Crippen LogP contribution in [-0.4, -0.2) is 70.7 Å². The van der Waals surface area contributed by atoms with E-state index in [1.54, 1.807) is 12.3 Å². The molecule has 5 N–H and O–H groups in total. The Kier molecular flexibility index (Phi) is 7.85. The predicted molar refractivity (Wildman–Crippen MR) is 158 cm³/mol. The molecule has 1 unspecified atom stereocenters. The molecule has 222 valence electrons. The number of anilines is 1. The number of rotatable bonds is 9. The van der Waals surface area contributed by atoms with Crippen molar-refractivity contribution in [3.05, 3.63) is 87.9 Å². The Morgan fingerprint density at radius 1 is 1.09 bits per heavy atom. The fourth-order valence-electron chi connectivity index (χ4n) is 5.16. The van der Waals surface area contributed by atoms with Gasteiger partial charge in [-0.2, -0.15) is 9.97 Å². The van der Waals surface area contributed by atoms with Crippen LogP contribution in [-0.2, 0) is 26.3 Å². The summed E-state index contributed by atoms with van der Waals surface area (Å²) in [5.41, 5.74) is 7.39. The minimum absolute atomic E-state index is 0.0447. The van der Waals surface area contributed by atoms with E-state index in [0.717, 1.165) is 11.1 Å². The van der Waals surface area contributed by atoms with E-state index >= 15 is 0 Å². The third-order valence-electron chi connectivity index (χ3n) is 7.42. The molecule has 12 nitrogen and oxygen atoms in total. The average molecular weight is 623 g/mol. The number of halogens is 1. The zero-order chi connectivity index (χ0) is 30.3. The SMILES string of the molecule is Cc1nc(C(Cc2ccc(-c3ccccc3)cc2)(OC[C@H]2O[C@@H](n3cnc4c(N)nc(Cl)nc43)[C@H](O)[C@@H]2O)C(=O)O)cs1. The second-order valence-electron chi connectivity index (χ2n) is 10.2. The standard InChI is InChI=1S/C29H27ClN6O6S/c1-15-33-20(13-43-15)29(27(39)40,11-16-7-9-18(10-8-16)17-5-3-2-4-6-17)41-12-19-22(37)23(38)26(42-19)36-14-32-21-24(31)34-28(30)35-25(21)36/h2-10,13-14,19,22-23,26,37-38H,11-12H2,1H3,(H,39,40)(H2,31,34,35)/t19-,22-,23-,26-,29?/m1/s1. The van der Waals surface area contributed by atoms with Crippen LogP contribution >= 0.6 is 22.9 Å². The highest BCUT2D eigenvalue weighted by Crippen LogP contribution is 2.37. The molecule has 0 amide bonds. The Morgan fingerprint density at radius 3 is 2.49 bits per heavy atom. The van der Waals surface area contributed by atoms with Gasteiger partial charge in [0.05, 0.1) is 23.6 Å². The minimum Gasteiger partial charge on any atom is -0.479 e. The van der Waals surface area contributed by atoms with Crippen LogP contribution in [0.4, 0.5) is 5.82 Å². The molecule has 1 saturated heterocycles. The number of nitrogens with zero attached hydrogens (tertiary/aromatic N) is 5. The number of thiazole rings is 1. The Labute approximate surface area is 254 Å². The van der Waals surface area contributed by atoms with Gasteiger partial charge in [0.1, 0.15) is 23.8 Å². The number of aliphatic hydroxyl groups is 2. The summed E-state index contributed by atoms with van der Waals surface area (Å²) in [6.07, 6.45) is -3.79. The first kappa shape index (κ1) is 29.1. The number of carboxylic acid groups (broad SMARTS) is 1. The highest BCUT2D eigenvalue weighted by molar-refractivity contribution is 7.09. The van der Waals surface area contributed by atoms with Gasteiger partial charge >= 0.3 is 5.97 Å². The molecule has 1 aliphatic rings. The molecule has 5 atom stereocenters. The summed E-state index contributed by atoms with van der Waals surface area (Å²) in [6, 6.07) is 17.4. The van der Waals surface area contributed by atoms with Crippen molar-refractivity contribution in [2.45, 2.75) is 43.5 Å². The number of ether oxygens (including phenoxy) is 2. The predicted octanol–water partition coefficient (Wildman–Crippen LogP) is 3.35. The van der Waals surface area contributed by atoms with Gasteiger partial charge in [0.15, 0.2) is 17.7 Å². The van der Waals surface area contributed by atoms with Gasteiger partial charge < -0.3 is 30.5 Å². The summed E-state index contributed by atoms with van der Waals surface area (Å²) in [6.45, 7) is 1.41. The minimum atomic E-state index is -1.90. The monoisotopic (exact) mass is 622 g/mol. The van der Waals surface area contributed by atoms with Crippen molar-refractivity contribution in [1.29, 1.82) is 0 Å². The van der Waals surface area contributed by atoms with Crippen molar-refractivity contribution in [1.82, 2.24) is 24.5 Å². The van der Waals surface area contributed by atoms with Crippen LogP contribution in [0.5, 0.6) is 0 Å². The van der Waals surface area contributed by atoms with Crippen LogP contribution in [0.3, 0.4) is 0 Å². The van der Waals surface area contributed by atoms with Crippen molar-refractivity contribution in [2.24, 2.45) is 0 Å². The van der Waals surface area contributed by atoms with Gasteiger partial charge in [0.25, 0.3) is 0 Å². The van der Waals surface area contributed by atoms with E-state index in [2.05, 4.69) is 19.9 Å². The summed E-state index contributed by atoms with van der Waals surface area (Å²) in [7, 11) is 0. The van der Waals surface area contributed by atoms with Gasteiger partial charge in [-0.1, -0.05) is 54.6 Å². The summed E-state index contributed by atoms with van der Waals surface area (Å²) in [4.78, 5) is 29.6. The molecule has 43 heavy (non-hydrogen) atoms. The smallest absolute Gasteiger partial charge is 0.342 e. The molecule has 0 aliphatic carbocycles. The lowest BCUT2D eigenvalue weighted by molar-refractivity contribution is -0.177.